The van der Waals surface area contributed by atoms with Gasteiger partial charge in [0, 0.05) is 57.6 Å². The zero-order valence-corrected chi connectivity index (χ0v) is 31.3. The molecule has 2 atom stereocenters. The Bertz CT molecular complexity index is 2060. The van der Waals surface area contributed by atoms with Gasteiger partial charge in [-0.2, -0.15) is 18.3 Å². The third-order valence-corrected chi connectivity index (χ3v) is 9.58. The molecule has 2 saturated heterocycles. The van der Waals surface area contributed by atoms with Gasteiger partial charge in [-0.25, -0.2) is 14.6 Å². The molecule has 0 unspecified atom stereocenters. The Morgan fingerprint density at radius 1 is 1.06 bits per heavy atom. The van der Waals surface area contributed by atoms with Crippen LogP contribution in [0.5, 0.6) is 0 Å². The predicted octanol–water partition coefficient (Wildman–Crippen LogP) is -0.00150. The number of nitro groups is 1. The number of amides is 3. The molecule has 1 aromatic carbocycles. The highest BCUT2D eigenvalue weighted by Gasteiger charge is 2.47. The third-order valence-electron chi connectivity index (χ3n) is 9.27. The Hall–Kier alpha value is -4.67. The van der Waals surface area contributed by atoms with Crippen LogP contribution in [0.15, 0.2) is 48.9 Å². The fraction of sp³-hybridized carbons (Fsp3) is 0.375. The number of aliphatic hydroxyl groups excluding tert-OH is 1. The Kier molecular flexibility index (Phi) is 11.2. The Morgan fingerprint density at radius 3 is 2.30 bits per heavy atom. The summed E-state index contributed by atoms with van der Waals surface area (Å²) in [7, 11) is 5.17. The zero-order valence-electron chi connectivity index (χ0n) is 28.4. The number of likely N-dealkylation sites (tertiary alicyclic amines) is 1. The summed E-state index contributed by atoms with van der Waals surface area (Å²) in [5.74, 6) is -1.55. The van der Waals surface area contributed by atoms with Gasteiger partial charge in [0.25, 0.3) is 23.4 Å². The van der Waals surface area contributed by atoms with Gasteiger partial charge in [-0.05, 0) is 24.3 Å². The van der Waals surface area contributed by atoms with Gasteiger partial charge in [0.15, 0.2) is 23.4 Å². The van der Waals surface area contributed by atoms with Gasteiger partial charge in [0.2, 0.25) is 0 Å². The maximum Gasteiger partial charge on any atom is 0.435 e. The molecule has 2 aliphatic rings. The van der Waals surface area contributed by atoms with Crippen molar-refractivity contribution in [1.29, 1.82) is 0 Å². The van der Waals surface area contributed by atoms with E-state index in [-0.39, 0.29) is 94.2 Å². The number of alkyl halides is 3. The molecule has 6 rings (SSSR count). The van der Waals surface area contributed by atoms with Crippen molar-refractivity contribution >= 4 is 40.7 Å². The van der Waals surface area contributed by atoms with Crippen molar-refractivity contribution in [1.82, 2.24) is 34.1 Å². The van der Waals surface area contributed by atoms with Crippen molar-refractivity contribution in [3.8, 4) is 17.1 Å². The second kappa shape index (κ2) is 15.0. The molecule has 4 aromatic rings. The predicted molar refractivity (Wildman–Crippen MR) is 178 cm³/mol. The minimum atomic E-state index is -4.91. The fourth-order valence-corrected chi connectivity index (χ4v) is 6.79. The standard InChI is InChI=1S/C32H32ClF3N10O6.HI/c1-41-24(22-16-44(40-27(22)32(34,35)36)26-7-5-19(14-37-26)45(51)52)15-38-28(41)29(48)39-18-4-6-21(23(33)12-18)30(49)42-8-10-43(11-9-42)31(50)25-13-20(47)17-46(25,2)3;/h4-7,12,14-16,20,25,47H,8-11,13,17H2,1-3H3;1H/t20-,25+;/m1./s1. The maximum absolute atomic E-state index is 14.1. The third kappa shape index (κ3) is 7.99. The van der Waals surface area contributed by atoms with E-state index in [0.717, 1.165) is 40.0 Å². The van der Waals surface area contributed by atoms with E-state index >= 15 is 0 Å². The van der Waals surface area contributed by atoms with Gasteiger partial charge < -0.3 is 53.2 Å². The lowest BCUT2D eigenvalue weighted by Gasteiger charge is -2.38. The van der Waals surface area contributed by atoms with Crippen LogP contribution in [0.1, 0.15) is 33.1 Å². The number of hydrogen-bond acceptors (Lipinski definition) is 9. The highest BCUT2D eigenvalue weighted by atomic mass is 127. The van der Waals surface area contributed by atoms with E-state index in [9.17, 15) is 42.8 Å². The number of nitrogens with one attached hydrogen (secondary N) is 1. The second-order valence-corrected chi connectivity index (χ2v) is 13.5. The number of imidazole rings is 1. The maximum atomic E-state index is 14.1. The number of carbonyl (C=O) groups is 3. The SMILES string of the molecule is Cn1c(-c2cn(-c3ccc([N+](=O)[O-])cn3)nc2C(F)(F)F)cnc1C(=O)Nc1ccc(C(=O)N2CCN(C(=O)[C@@H]3C[C@@H](O)C[N+]3(C)C)CC2)c(Cl)c1.[I-]. The van der Waals surface area contributed by atoms with Gasteiger partial charge in [0.1, 0.15) is 18.8 Å². The number of anilines is 1. The number of aliphatic hydroxyl groups is 1. The van der Waals surface area contributed by atoms with E-state index < -0.39 is 34.4 Å². The molecule has 2 fully saturated rings. The minimum absolute atomic E-state index is 0. The Morgan fingerprint density at radius 2 is 1.74 bits per heavy atom. The largest absolute Gasteiger partial charge is 1.00 e. The lowest BCUT2D eigenvalue weighted by molar-refractivity contribution is -0.894. The van der Waals surface area contributed by atoms with Gasteiger partial charge in [-0.1, -0.05) is 11.6 Å². The molecule has 282 valence electrons. The van der Waals surface area contributed by atoms with Gasteiger partial charge in [-0.3, -0.25) is 24.5 Å². The van der Waals surface area contributed by atoms with Crippen LogP contribution < -0.4 is 29.3 Å². The number of benzene rings is 1. The first-order valence-electron chi connectivity index (χ1n) is 15.9. The van der Waals surface area contributed by atoms with Crippen LogP contribution in [0.3, 0.4) is 0 Å². The van der Waals surface area contributed by atoms with Crippen molar-refractivity contribution in [3.05, 3.63) is 81.1 Å². The first kappa shape index (κ1) is 39.5. The van der Waals surface area contributed by atoms with Crippen LogP contribution in [-0.4, -0.2) is 125 Å². The molecule has 16 nitrogen and oxygen atoms in total. The number of rotatable bonds is 7. The van der Waals surface area contributed by atoms with Crippen LogP contribution in [-0.2, 0) is 18.0 Å². The molecule has 3 amide bonds. The summed E-state index contributed by atoms with van der Waals surface area (Å²) in [4.78, 5) is 61.2. The summed E-state index contributed by atoms with van der Waals surface area (Å²) >= 11 is 6.47. The van der Waals surface area contributed by atoms with Crippen LogP contribution in [0.2, 0.25) is 5.02 Å². The Balaban J connectivity index is 0.00000541. The summed E-state index contributed by atoms with van der Waals surface area (Å²) in [5, 5.41) is 27.3. The number of aromatic nitrogens is 5. The molecule has 53 heavy (non-hydrogen) atoms. The number of carbonyl (C=O) groups excluding carboxylic acids is 3. The summed E-state index contributed by atoms with van der Waals surface area (Å²) in [5.41, 5.74) is -1.80. The number of hydrogen-bond donors (Lipinski definition) is 2. The van der Waals surface area contributed by atoms with E-state index in [4.69, 9.17) is 11.6 Å². The average Bonchev–Trinajstić information content (AvgIpc) is 3.78. The van der Waals surface area contributed by atoms with Gasteiger partial charge >= 0.3 is 6.18 Å². The van der Waals surface area contributed by atoms with E-state index in [0.29, 0.717) is 30.5 Å². The van der Waals surface area contributed by atoms with E-state index in [2.05, 4.69) is 20.4 Å². The molecule has 0 spiro atoms. The van der Waals surface area contributed by atoms with Crippen LogP contribution in [0.4, 0.5) is 24.5 Å². The van der Waals surface area contributed by atoms with Crippen LogP contribution in [0.25, 0.3) is 17.1 Å². The summed E-state index contributed by atoms with van der Waals surface area (Å²) in [6.45, 7) is 1.71. The van der Waals surface area contributed by atoms with Crippen LogP contribution in [0, 0.1) is 10.1 Å². The first-order valence-corrected chi connectivity index (χ1v) is 16.3. The lowest BCUT2D eigenvalue weighted by Crippen LogP contribution is -3.00. The number of pyridine rings is 1. The fourth-order valence-electron chi connectivity index (χ4n) is 6.53. The summed E-state index contributed by atoms with van der Waals surface area (Å²) in [6, 6.07) is 6.13. The Labute approximate surface area is 321 Å². The molecule has 0 aliphatic carbocycles. The number of halogens is 5. The summed E-state index contributed by atoms with van der Waals surface area (Å²) in [6.07, 6.45) is -2.06. The monoisotopic (exact) mass is 872 g/mol. The zero-order chi connectivity index (χ0) is 37.7. The van der Waals surface area contributed by atoms with Crippen molar-refractivity contribution in [3.63, 3.8) is 0 Å². The number of quaternary nitrogens is 1. The number of piperazine rings is 1. The van der Waals surface area contributed by atoms with Crippen molar-refractivity contribution in [2.45, 2.75) is 24.7 Å². The number of nitrogens with zero attached hydrogens (tertiary/aromatic N) is 9. The van der Waals surface area contributed by atoms with E-state index in [1.54, 1.807) is 9.80 Å². The topological polar surface area (TPSA) is 182 Å². The van der Waals surface area contributed by atoms with Crippen molar-refractivity contribution in [2.24, 2.45) is 7.05 Å². The molecule has 5 heterocycles. The minimum Gasteiger partial charge on any atom is -1.00 e. The smallest absolute Gasteiger partial charge is 0.435 e. The average molecular weight is 873 g/mol. The molecule has 2 aliphatic heterocycles. The lowest BCUT2D eigenvalue weighted by atomic mass is 10.1. The van der Waals surface area contributed by atoms with Gasteiger partial charge in [-0.15, -0.1) is 0 Å². The molecular formula is C32H33ClF3IN10O6. The normalized spacial score (nSPS) is 18.4. The molecule has 0 radical (unpaired) electrons. The number of likely N-dealkylation sites (N-methyl/N-ethyl adjacent to an activating group) is 1. The molecule has 2 N–H and O–H groups in total. The van der Waals surface area contributed by atoms with Crippen molar-refractivity contribution in [2.75, 3.05) is 52.1 Å². The molecule has 3 aromatic heterocycles. The second-order valence-electron chi connectivity index (χ2n) is 13.1. The van der Waals surface area contributed by atoms with Crippen LogP contribution >= 0.6 is 11.6 Å². The highest BCUT2D eigenvalue weighted by molar-refractivity contribution is 6.34. The van der Waals surface area contributed by atoms with E-state index in [1.807, 2.05) is 14.1 Å². The first-order chi connectivity index (χ1) is 24.4. The summed E-state index contributed by atoms with van der Waals surface area (Å²) < 4.78 is 44.5. The van der Waals surface area contributed by atoms with Crippen molar-refractivity contribution < 1.29 is 66.0 Å². The molecular weight excluding hydrogens is 840 g/mol. The van der Waals surface area contributed by atoms with Gasteiger partial charge in [0.05, 0.1) is 47.1 Å². The molecule has 0 bridgehead atoms. The quantitative estimate of drug-likeness (QED) is 0.112. The highest BCUT2D eigenvalue weighted by Crippen LogP contribution is 2.37. The molecule has 0 saturated carbocycles. The van der Waals surface area contributed by atoms with E-state index in [1.165, 1.54) is 25.2 Å². The molecule has 21 heteroatoms.